The molecule has 2 aromatic rings. The number of hydrogen-bond donors (Lipinski definition) is 1. The van der Waals surface area contributed by atoms with Crippen LogP contribution in [0.3, 0.4) is 0 Å². The predicted octanol–water partition coefficient (Wildman–Crippen LogP) is 1.68. The van der Waals surface area contributed by atoms with Gasteiger partial charge in [-0.15, -0.1) is 0 Å². The number of hydrogen-bond acceptors (Lipinski definition) is 9. The summed E-state index contributed by atoms with van der Waals surface area (Å²) in [5.41, 5.74) is 0.363. The number of nitro benzene ring substituents is 1. The van der Waals surface area contributed by atoms with Crippen molar-refractivity contribution >= 4 is 34.4 Å². The molecule has 1 N–H and O–H groups in total. The first-order chi connectivity index (χ1) is 13.4. The van der Waals surface area contributed by atoms with Gasteiger partial charge >= 0.3 is 5.97 Å². The molecule has 1 amide bonds. The van der Waals surface area contributed by atoms with E-state index < -0.39 is 33.5 Å². The zero-order valence-electron chi connectivity index (χ0n) is 14.2. The van der Waals surface area contributed by atoms with E-state index in [1.807, 2.05) is 0 Å². The van der Waals surface area contributed by atoms with Crippen molar-refractivity contribution in [3.05, 3.63) is 64.1 Å². The van der Waals surface area contributed by atoms with Gasteiger partial charge < -0.3 is 14.3 Å². The van der Waals surface area contributed by atoms with Crippen LogP contribution in [0.15, 0.2) is 47.1 Å². The summed E-state index contributed by atoms with van der Waals surface area (Å²) < 4.78 is 9.93. The number of β-lactam (4-membered cyclic amide) rings is 1. The Bertz CT molecular complexity index is 896. The molecule has 1 fully saturated rings. The number of aliphatic hydroxyl groups is 1. The van der Waals surface area contributed by atoms with E-state index in [4.69, 9.17) is 9.15 Å². The van der Waals surface area contributed by atoms with Crippen LogP contribution in [0.25, 0.3) is 0 Å². The maximum atomic E-state index is 12.0. The Balaban J connectivity index is 1.54. The second kappa shape index (κ2) is 8.23. The third-order valence-electron chi connectivity index (χ3n) is 3.92. The second-order valence-electron chi connectivity index (χ2n) is 5.75. The first-order valence-electron chi connectivity index (χ1n) is 8.00. The molecule has 146 valence electrons. The highest BCUT2D eigenvalue weighted by atomic mass is 32.2. The molecule has 1 aliphatic heterocycles. The lowest BCUT2D eigenvalue weighted by molar-refractivity contribution is -0.384. The highest BCUT2D eigenvalue weighted by Gasteiger charge is 2.45. The van der Waals surface area contributed by atoms with Gasteiger partial charge in [-0.2, -0.15) is 0 Å². The molecule has 0 bridgehead atoms. The van der Waals surface area contributed by atoms with Crippen LogP contribution < -0.4 is 0 Å². The van der Waals surface area contributed by atoms with Gasteiger partial charge in [-0.3, -0.25) is 24.6 Å². The second-order valence-corrected chi connectivity index (χ2v) is 6.90. The minimum atomic E-state index is -1.86. The standard InChI is InChI=1S/C17H14N2O8S/c20-13-8-14(28-17(23)12-2-1-7-26-12)18(13)15(21)16(22)27-9-10-3-5-11(6-4-10)19(24)25/h1-7,14-15,21H,8-9H2. The smallest absolute Gasteiger partial charge is 0.356 e. The fraction of sp³-hybridized carbons (Fsp3) is 0.235. The Labute approximate surface area is 162 Å². The zero-order chi connectivity index (χ0) is 20.3. The van der Waals surface area contributed by atoms with Crippen molar-refractivity contribution in [2.45, 2.75) is 24.6 Å². The molecule has 2 heterocycles. The Morgan fingerprint density at radius 2 is 2.07 bits per heavy atom. The van der Waals surface area contributed by atoms with Gasteiger partial charge in [0.2, 0.25) is 12.1 Å². The number of carbonyl (C=O) groups excluding carboxylic acids is 3. The van der Waals surface area contributed by atoms with E-state index >= 15 is 0 Å². The summed E-state index contributed by atoms with van der Waals surface area (Å²) in [5.74, 6) is -1.47. The van der Waals surface area contributed by atoms with Crippen molar-refractivity contribution in [2.75, 3.05) is 0 Å². The molecule has 0 saturated carbocycles. The SMILES string of the molecule is O=C(SC1CC(=O)N1C(O)C(=O)OCc1ccc([N+](=O)[O-])cc1)c1ccco1. The molecule has 0 aliphatic carbocycles. The number of aliphatic hydroxyl groups excluding tert-OH is 1. The molecular weight excluding hydrogens is 392 g/mol. The highest BCUT2D eigenvalue weighted by Crippen LogP contribution is 2.33. The highest BCUT2D eigenvalue weighted by molar-refractivity contribution is 8.14. The molecule has 0 spiro atoms. The summed E-state index contributed by atoms with van der Waals surface area (Å²) in [5, 5.41) is 19.6. The van der Waals surface area contributed by atoms with Crippen LogP contribution >= 0.6 is 11.8 Å². The van der Waals surface area contributed by atoms with Crippen LogP contribution in [0.1, 0.15) is 22.5 Å². The first-order valence-corrected chi connectivity index (χ1v) is 8.88. The van der Waals surface area contributed by atoms with Crippen molar-refractivity contribution in [1.82, 2.24) is 4.90 Å². The number of esters is 1. The average Bonchev–Trinajstić information content (AvgIpc) is 3.20. The van der Waals surface area contributed by atoms with E-state index in [9.17, 15) is 29.6 Å². The summed E-state index contributed by atoms with van der Waals surface area (Å²) in [7, 11) is 0. The first kappa shape index (κ1) is 19.6. The molecule has 0 radical (unpaired) electrons. The summed E-state index contributed by atoms with van der Waals surface area (Å²) in [4.78, 5) is 46.8. The maximum absolute atomic E-state index is 12.0. The monoisotopic (exact) mass is 406 g/mol. The van der Waals surface area contributed by atoms with Crippen LogP contribution in [0, 0.1) is 10.1 Å². The van der Waals surface area contributed by atoms with Gasteiger partial charge in [0.05, 0.1) is 23.0 Å². The minimum Gasteiger partial charge on any atom is -0.460 e. The Hall–Kier alpha value is -3.18. The number of benzene rings is 1. The molecule has 11 heteroatoms. The normalized spacial score (nSPS) is 17.0. The topological polar surface area (TPSA) is 140 Å². The number of nitrogens with zero attached hydrogens (tertiary/aromatic N) is 2. The Kier molecular flexibility index (Phi) is 5.76. The molecule has 1 saturated heterocycles. The third-order valence-corrected chi connectivity index (χ3v) is 5.00. The van der Waals surface area contributed by atoms with E-state index in [0.717, 1.165) is 16.7 Å². The fourth-order valence-corrected chi connectivity index (χ4v) is 3.48. The average molecular weight is 406 g/mol. The van der Waals surface area contributed by atoms with E-state index in [0.29, 0.717) is 5.56 Å². The molecule has 3 rings (SSSR count). The largest absolute Gasteiger partial charge is 0.460 e. The summed E-state index contributed by atoms with van der Waals surface area (Å²) in [6, 6.07) is 8.34. The summed E-state index contributed by atoms with van der Waals surface area (Å²) in [6.45, 7) is -0.237. The third kappa shape index (κ3) is 4.21. The van der Waals surface area contributed by atoms with Gasteiger partial charge in [-0.25, -0.2) is 4.79 Å². The molecule has 1 aromatic heterocycles. The number of nitro groups is 1. The van der Waals surface area contributed by atoms with Crippen molar-refractivity contribution in [3.63, 3.8) is 0 Å². The van der Waals surface area contributed by atoms with Crippen molar-refractivity contribution in [2.24, 2.45) is 0 Å². The van der Waals surface area contributed by atoms with Crippen LogP contribution in [0.4, 0.5) is 5.69 Å². The number of amides is 1. The fourth-order valence-electron chi connectivity index (χ4n) is 2.43. The number of furan rings is 1. The van der Waals surface area contributed by atoms with Crippen LogP contribution in [0.5, 0.6) is 0 Å². The molecule has 2 atom stereocenters. The van der Waals surface area contributed by atoms with E-state index in [1.54, 1.807) is 6.07 Å². The van der Waals surface area contributed by atoms with Crippen molar-refractivity contribution in [1.29, 1.82) is 0 Å². The Morgan fingerprint density at radius 3 is 2.64 bits per heavy atom. The quantitative estimate of drug-likeness (QED) is 0.315. The van der Waals surface area contributed by atoms with E-state index in [2.05, 4.69) is 0 Å². The molecule has 1 aliphatic rings. The minimum absolute atomic E-state index is 0.0101. The van der Waals surface area contributed by atoms with Gasteiger partial charge in [-0.05, 0) is 29.8 Å². The van der Waals surface area contributed by atoms with Crippen LogP contribution in [-0.2, 0) is 20.9 Å². The summed E-state index contributed by atoms with van der Waals surface area (Å²) in [6.07, 6.45) is -0.535. The predicted molar refractivity (Wildman–Crippen MR) is 94.8 cm³/mol. The lowest BCUT2D eigenvalue weighted by Crippen LogP contribution is -2.59. The number of non-ortho nitro benzene ring substituents is 1. The number of thioether (sulfide) groups is 1. The van der Waals surface area contributed by atoms with Crippen LogP contribution in [0.2, 0.25) is 0 Å². The maximum Gasteiger partial charge on any atom is 0.356 e. The summed E-state index contributed by atoms with van der Waals surface area (Å²) >= 11 is 0.761. The van der Waals surface area contributed by atoms with Gasteiger partial charge in [0, 0.05) is 12.1 Å². The van der Waals surface area contributed by atoms with E-state index in [-0.39, 0.29) is 24.5 Å². The number of carbonyl (C=O) groups is 3. The Morgan fingerprint density at radius 1 is 1.36 bits per heavy atom. The van der Waals surface area contributed by atoms with Gasteiger partial charge in [0.1, 0.15) is 6.61 Å². The van der Waals surface area contributed by atoms with Crippen molar-refractivity contribution < 1.29 is 33.6 Å². The van der Waals surface area contributed by atoms with Crippen LogP contribution in [-0.4, -0.2) is 43.5 Å². The lowest BCUT2D eigenvalue weighted by Gasteiger charge is -2.40. The van der Waals surface area contributed by atoms with Gasteiger partial charge in [0.15, 0.2) is 5.76 Å². The molecular formula is C17H14N2O8S. The number of rotatable bonds is 7. The van der Waals surface area contributed by atoms with E-state index in [1.165, 1.54) is 36.6 Å². The zero-order valence-corrected chi connectivity index (χ0v) is 15.0. The van der Waals surface area contributed by atoms with Crippen molar-refractivity contribution in [3.8, 4) is 0 Å². The molecule has 10 nitrogen and oxygen atoms in total. The number of ether oxygens (including phenoxy) is 1. The molecule has 2 unspecified atom stereocenters. The molecule has 1 aromatic carbocycles. The number of likely N-dealkylation sites (tertiary alicyclic amines) is 1. The molecule has 28 heavy (non-hydrogen) atoms. The van der Waals surface area contributed by atoms with Gasteiger partial charge in [-0.1, -0.05) is 11.8 Å². The lowest BCUT2D eigenvalue weighted by atomic mass is 10.2. The van der Waals surface area contributed by atoms with Gasteiger partial charge in [0.25, 0.3) is 10.8 Å².